The van der Waals surface area contributed by atoms with Gasteiger partial charge in [0.1, 0.15) is 0 Å². The van der Waals surface area contributed by atoms with Gasteiger partial charge in [-0.15, -0.1) is 0 Å². The molecule has 2 nitrogen and oxygen atoms in total. The van der Waals surface area contributed by atoms with E-state index in [4.69, 9.17) is 0 Å². The third-order valence-electron chi connectivity index (χ3n) is 3.09. The van der Waals surface area contributed by atoms with Crippen LogP contribution in [0.3, 0.4) is 0 Å². The first-order valence-corrected chi connectivity index (χ1v) is 7.58. The average molecular weight is 332 g/mol. The molecule has 2 rings (SSSR count). The number of hydrogen-bond acceptors (Lipinski definition) is 1. The smallest absolute Gasteiger partial charge is 0.254 e. The molecule has 0 aromatic heterocycles. The van der Waals surface area contributed by atoms with E-state index in [1.807, 2.05) is 47.4 Å². The lowest BCUT2D eigenvalue weighted by molar-refractivity contribution is 0.0743. The summed E-state index contributed by atoms with van der Waals surface area (Å²) in [5.41, 5.74) is 1.89. The molecule has 0 aliphatic heterocycles. The summed E-state index contributed by atoms with van der Waals surface area (Å²) < 4.78 is 0.985. The van der Waals surface area contributed by atoms with E-state index in [-0.39, 0.29) is 5.91 Å². The molecule has 0 heterocycles. The number of rotatable bonds is 5. The molecule has 0 atom stereocenters. The van der Waals surface area contributed by atoms with Gasteiger partial charge in [0.05, 0.1) is 0 Å². The Morgan fingerprint density at radius 2 is 1.70 bits per heavy atom. The predicted octanol–water partition coefficient (Wildman–Crippen LogP) is 4.50. The molecule has 0 aliphatic carbocycles. The molecule has 1 amide bonds. The minimum atomic E-state index is 0.0863. The van der Waals surface area contributed by atoms with E-state index >= 15 is 0 Å². The summed E-state index contributed by atoms with van der Waals surface area (Å²) in [5.74, 6) is 0.0863. The van der Waals surface area contributed by atoms with Gasteiger partial charge in [-0.1, -0.05) is 53.2 Å². The van der Waals surface area contributed by atoms with Gasteiger partial charge in [0.25, 0.3) is 5.91 Å². The van der Waals surface area contributed by atoms with Crippen molar-refractivity contribution in [3.05, 3.63) is 70.2 Å². The van der Waals surface area contributed by atoms with Gasteiger partial charge in [0, 0.05) is 23.1 Å². The maximum absolute atomic E-state index is 12.6. The summed E-state index contributed by atoms with van der Waals surface area (Å²) in [5, 5.41) is 0. The highest BCUT2D eigenvalue weighted by atomic mass is 79.9. The van der Waals surface area contributed by atoms with E-state index in [9.17, 15) is 4.79 Å². The van der Waals surface area contributed by atoms with Crippen LogP contribution in [0.1, 0.15) is 29.3 Å². The van der Waals surface area contributed by atoms with Crippen molar-refractivity contribution in [3.8, 4) is 0 Å². The number of benzene rings is 2. The number of carbonyl (C=O) groups excluding carboxylic acids is 1. The fourth-order valence-corrected chi connectivity index (χ4v) is 2.37. The molecule has 2 aromatic rings. The van der Waals surface area contributed by atoms with Crippen LogP contribution < -0.4 is 0 Å². The Morgan fingerprint density at radius 1 is 1.05 bits per heavy atom. The number of carbonyl (C=O) groups is 1. The summed E-state index contributed by atoms with van der Waals surface area (Å²) in [6, 6.07) is 17.6. The molecule has 2 aromatic carbocycles. The number of halogens is 1. The van der Waals surface area contributed by atoms with Gasteiger partial charge in [0.2, 0.25) is 0 Å². The zero-order chi connectivity index (χ0) is 14.4. The Bertz CT molecular complexity index is 551. The number of hydrogen-bond donors (Lipinski definition) is 0. The zero-order valence-electron chi connectivity index (χ0n) is 11.6. The lowest BCUT2D eigenvalue weighted by atomic mass is 10.1. The van der Waals surface area contributed by atoms with Crippen molar-refractivity contribution >= 4 is 21.8 Å². The zero-order valence-corrected chi connectivity index (χ0v) is 13.1. The molecular weight excluding hydrogens is 314 g/mol. The summed E-state index contributed by atoms with van der Waals surface area (Å²) in [4.78, 5) is 14.5. The fourth-order valence-electron chi connectivity index (χ4n) is 2.10. The standard InChI is InChI=1S/C17H18BrNO/c1-2-12-19(13-14-6-4-3-5-7-14)17(20)15-8-10-16(18)11-9-15/h3-11H,2,12-13H2,1H3. The van der Waals surface area contributed by atoms with Crippen molar-refractivity contribution < 1.29 is 4.79 Å². The molecule has 0 saturated heterocycles. The molecule has 3 heteroatoms. The first-order valence-electron chi connectivity index (χ1n) is 6.79. The van der Waals surface area contributed by atoms with Crippen molar-refractivity contribution in [1.29, 1.82) is 0 Å². The second kappa shape index (κ2) is 7.25. The van der Waals surface area contributed by atoms with Crippen molar-refractivity contribution in [2.75, 3.05) is 6.54 Å². The first-order chi connectivity index (χ1) is 9.70. The van der Waals surface area contributed by atoms with E-state index in [2.05, 4.69) is 35.0 Å². The van der Waals surface area contributed by atoms with Gasteiger partial charge >= 0.3 is 0 Å². The van der Waals surface area contributed by atoms with Crippen LogP contribution in [0.2, 0.25) is 0 Å². The Kier molecular flexibility index (Phi) is 5.36. The van der Waals surface area contributed by atoms with E-state index in [1.165, 1.54) is 0 Å². The lowest BCUT2D eigenvalue weighted by Crippen LogP contribution is -2.31. The normalized spacial score (nSPS) is 10.3. The van der Waals surface area contributed by atoms with Crippen molar-refractivity contribution in [1.82, 2.24) is 4.90 Å². The summed E-state index contributed by atoms with van der Waals surface area (Å²) in [6.45, 7) is 3.51. The number of amides is 1. The Balaban J connectivity index is 2.15. The average Bonchev–Trinajstić information content (AvgIpc) is 2.48. The second-order valence-corrected chi connectivity index (χ2v) is 5.63. The Hall–Kier alpha value is -1.61. The molecular formula is C17H18BrNO. The lowest BCUT2D eigenvalue weighted by Gasteiger charge is -2.22. The van der Waals surface area contributed by atoms with Crippen molar-refractivity contribution in [3.63, 3.8) is 0 Å². The van der Waals surface area contributed by atoms with Crippen molar-refractivity contribution in [2.45, 2.75) is 19.9 Å². The molecule has 0 unspecified atom stereocenters. The summed E-state index contributed by atoms with van der Waals surface area (Å²) >= 11 is 3.39. The predicted molar refractivity (Wildman–Crippen MR) is 85.6 cm³/mol. The topological polar surface area (TPSA) is 20.3 Å². The monoisotopic (exact) mass is 331 g/mol. The molecule has 0 radical (unpaired) electrons. The van der Waals surface area contributed by atoms with Gasteiger partial charge in [-0.05, 0) is 36.2 Å². The third-order valence-corrected chi connectivity index (χ3v) is 3.62. The second-order valence-electron chi connectivity index (χ2n) is 4.72. The molecule has 20 heavy (non-hydrogen) atoms. The van der Waals surface area contributed by atoms with Crippen LogP contribution in [0.25, 0.3) is 0 Å². The molecule has 0 aliphatic rings. The van der Waals surface area contributed by atoms with E-state index in [0.29, 0.717) is 6.54 Å². The van der Waals surface area contributed by atoms with Gasteiger partial charge in [-0.2, -0.15) is 0 Å². The Morgan fingerprint density at radius 3 is 2.30 bits per heavy atom. The quantitative estimate of drug-likeness (QED) is 0.789. The highest BCUT2D eigenvalue weighted by Crippen LogP contribution is 2.14. The van der Waals surface area contributed by atoms with Gasteiger partial charge < -0.3 is 4.90 Å². The maximum atomic E-state index is 12.6. The largest absolute Gasteiger partial charge is 0.334 e. The van der Waals surface area contributed by atoms with Crippen LogP contribution in [0.5, 0.6) is 0 Å². The van der Waals surface area contributed by atoms with Crippen LogP contribution in [0.4, 0.5) is 0 Å². The first kappa shape index (κ1) is 14.8. The molecule has 0 bridgehead atoms. The minimum absolute atomic E-state index is 0.0863. The minimum Gasteiger partial charge on any atom is -0.334 e. The molecule has 0 spiro atoms. The highest BCUT2D eigenvalue weighted by Gasteiger charge is 2.15. The van der Waals surface area contributed by atoms with E-state index < -0.39 is 0 Å². The molecule has 0 N–H and O–H groups in total. The fraction of sp³-hybridized carbons (Fsp3) is 0.235. The summed E-state index contributed by atoms with van der Waals surface area (Å²) in [6.07, 6.45) is 0.953. The van der Waals surface area contributed by atoms with E-state index in [1.54, 1.807) is 0 Å². The van der Waals surface area contributed by atoms with Crippen LogP contribution in [0.15, 0.2) is 59.1 Å². The highest BCUT2D eigenvalue weighted by molar-refractivity contribution is 9.10. The number of nitrogens with zero attached hydrogens (tertiary/aromatic N) is 1. The summed E-state index contributed by atoms with van der Waals surface area (Å²) in [7, 11) is 0. The van der Waals surface area contributed by atoms with Crippen molar-refractivity contribution in [2.24, 2.45) is 0 Å². The maximum Gasteiger partial charge on any atom is 0.254 e. The van der Waals surface area contributed by atoms with Crippen LogP contribution in [0, 0.1) is 0 Å². The van der Waals surface area contributed by atoms with Gasteiger partial charge in [-0.25, -0.2) is 0 Å². The molecule has 0 saturated carbocycles. The van der Waals surface area contributed by atoms with Crippen LogP contribution in [-0.4, -0.2) is 17.4 Å². The third kappa shape index (κ3) is 3.94. The van der Waals surface area contributed by atoms with Crippen LogP contribution in [-0.2, 0) is 6.54 Å². The van der Waals surface area contributed by atoms with E-state index in [0.717, 1.165) is 28.6 Å². The SMILES string of the molecule is CCCN(Cc1ccccc1)C(=O)c1ccc(Br)cc1. The molecule has 0 fully saturated rings. The van der Waals surface area contributed by atoms with Gasteiger partial charge in [0.15, 0.2) is 0 Å². The molecule has 104 valence electrons. The van der Waals surface area contributed by atoms with Gasteiger partial charge in [-0.3, -0.25) is 4.79 Å². The van der Waals surface area contributed by atoms with Crippen LogP contribution >= 0.6 is 15.9 Å². The Labute approximate surface area is 128 Å².